The van der Waals surface area contributed by atoms with Crippen molar-refractivity contribution in [1.29, 1.82) is 0 Å². The number of pyridine rings is 1. The highest BCUT2D eigenvalue weighted by Gasteiger charge is 2.26. The highest BCUT2D eigenvalue weighted by Crippen LogP contribution is 2.26. The first-order chi connectivity index (χ1) is 15.3. The van der Waals surface area contributed by atoms with Crippen LogP contribution in [-0.2, 0) is 21.4 Å². The van der Waals surface area contributed by atoms with Gasteiger partial charge in [-0.25, -0.2) is 13.4 Å². The summed E-state index contributed by atoms with van der Waals surface area (Å²) in [6, 6.07) is 8.42. The van der Waals surface area contributed by atoms with Crippen LogP contribution in [0.1, 0.15) is 37.7 Å². The highest BCUT2D eigenvalue weighted by atomic mass is 32.2. The Kier molecular flexibility index (Phi) is 6.73. The summed E-state index contributed by atoms with van der Waals surface area (Å²) < 4.78 is 29.8. The zero-order chi connectivity index (χ0) is 22.7. The largest absolute Gasteiger partial charge is 0.311 e. The molecule has 1 N–H and O–H groups in total. The summed E-state index contributed by atoms with van der Waals surface area (Å²) in [5.41, 5.74) is 1.62. The van der Waals surface area contributed by atoms with E-state index in [2.05, 4.69) is 10.3 Å². The summed E-state index contributed by atoms with van der Waals surface area (Å²) in [5.74, 6) is 0.232. The van der Waals surface area contributed by atoms with Crippen molar-refractivity contribution in [3.05, 3.63) is 51.8 Å². The van der Waals surface area contributed by atoms with Gasteiger partial charge >= 0.3 is 4.87 Å². The Morgan fingerprint density at radius 1 is 1.12 bits per heavy atom. The van der Waals surface area contributed by atoms with Gasteiger partial charge < -0.3 is 5.32 Å². The second-order valence-electron chi connectivity index (χ2n) is 7.98. The Morgan fingerprint density at radius 3 is 2.59 bits per heavy atom. The number of nitrogens with one attached hydrogen (secondary N) is 1. The number of thiazole rings is 1. The minimum atomic E-state index is -3.59. The van der Waals surface area contributed by atoms with Gasteiger partial charge in [-0.1, -0.05) is 24.2 Å². The van der Waals surface area contributed by atoms with Crippen LogP contribution in [0.15, 0.2) is 46.2 Å². The third kappa shape index (κ3) is 4.92. The Hall–Kier alpha value is -2.56. The van der Waals surface area contributed by atoms with Crippen molar-refractivity contribution < 1.29 is 13.2 Å². The third-order valence-corrected chi connectivity index (χ3v) is 8.42. The van der Waals surface area contributed by atoms with Crippen molar-refractivity contribution in [2.24, 2.45) is 0 Å². The number of nitrogens with zero attached hydrogens (tertiary/aromatic N) is 3. The van der Waals surface area contributed by atoms with Crippen LogP contribution in [0, 0.1) is 6.92 Å². The summed E-state index contributed by atoms with van der Waals surface area (Å²) in [6.45, 7) is 3.18. The molecule has 0 radical (unpaired) electrons. The predicted octanol–water partition coefficient (Wildman–Crippen LogP) is 3.36. The number of sulfonamides is 1. The average Bonchev–Trinajstić information content (AvgIpc) is 2.91. The van der Waals surface area contributed by atoms with Gasteiger partial charge in [0.1, 0.15) is 5.82 Å². The highest BCUT2D eigenvalue weighted by molar-refractivity contribution is 7.89. The lowest BCUT2D eigenvalue weighted by molar-refractivity contribution is -0.116. The van der Waals surface area contributed by atoms with Gasteiger partial charge in [0.25, 0.3) is 0 Å². The minimum absolute atomic E-state index is 0.106. The van der Waals surface area contributed by atoms with Crippen LogP contribution in [0.4, 0.5) is 5.82 Å². The van der Waals surface area contributed by atoms with Crippen molar-refractivity contribution in [3.8, 4) is 0 Å². The zero-order valence-corrected chi connectivity index (χ0v) is 19.5. The van der Waals surface area contributed by atoms with Crippen LogP contribution in [0.2, 0.25) is 0 Å². The average molecular weight is 475 g/mol. The number of amides is 1. The summed E-state index contributed by atoms with van der Waals surface area (Å²) in [7, 11) is -3.59. The zero-order valence-electron chi connectivity index (χ0n) is 17.9. The topological polar surface area (TPSA) is 101 Å². The van der Waals surface area contributed by atoms with E-state index in [1.54, 1.807) is 34.8 Å². The number of rotatable bonds is 6. The maximum absolute atomic E-state index is 13.1. The lowest BCUT2D eigenvalue weighted by atomic mass is 10.2. The molecule has 0 atom stereocenters. The third-order valence-electron chi connectivity index (χ3n) is 5.59. The Morgan fingerprint density at radius 2 is 1.88 bits per heavy atom. The van der Waals surface area contributed by atoms with Crippen molar-refractivity contribution in [1.82, 2.24) is 13.9 Å². The molecular weight excluding hydrogens is 448 g/mol. The van der Waals surface area contributed by atoms with E-state index in [-0.39, 0.29) is 28.6 Å². The number of aromatic nitrogens is 2. The second-order valence-corrected chi connectivity index (χ2v) is 10.9. The van der Waals surface area contributed by atoms with Crippen molar-refractivity contribution >= 4 is 43.3 Å². The number of aryl methyl sites for hydroxylation is 2. The number of hydrogen-bond donors (Lipinski definition) is 1. The van der Waals surface area contributed by atoms with Crippen LogP contribution in [0.5, 0.6) is 0 Å². The molecule has 170 valence electrons. The second kappa shape index (κ2) is 9.51. The normalized spacial score (nSPS) is 15.5. The maximum atomic E-state index is 13.1. The molecule has 3 heterocycles. The minimum Gasteiger partial charge on any atom is -0.311 e. The van der Waals surface area contributed by atoms with Gasteiger partial charge in [0.05, 0.1) is 15.1 Å². The van der Waals surface area contributed by atoms with Crippen LogP contribution >= 0.6 is 11.3 Å². The van der Waals surface area contributed by atoms with E-state index >= 15 is 0 Å². The Balaban J connectivity index is 1.51. The van der Waals surface area contributed by atoms with E-state index in [0.717, 1.165) is 42.6 Å². The fourth-order valence-corrected chi connectivity index (χ4v) is 6.45. The molecule has 1 aromatic carbocycles. The van der Waals surface area contributed by atoms with Crippen LogP contribution in [0.3, 0.4) is 0 Å². The Labute approximate surface area is 190 Å². The lowest BCUT2D eigenvalue weighted by Gasteiger charge is -2.19. The predicted molar refractivity (Wildman–Crippen MR) is 126 cm³/mol. The molecule has 10 heteroatoms. The molecule has 1 aliphatic heterocycles. The fourth-order valence-electron chi connectivity index (χ4n) is 3.87. The first kappa shape index (κ1) is 22.6. The van der Waals surface area contributed by atoms with Gasteiger partial charge in [-0.2, -0.15) is 4.31 Å². The summed E-state index contributed by atoms with van der Waals surface area (Å²) >= 11 is 0.998. The molecule has 0 bridgehead atoms. The Bertz CT molecular complexity index is 1290. The maximum Gasteiger partial charge on any atom is 0.308 e. The van der Waals surface area contributed by atoms with Gasteiger partial charge in [-0.05, 0) is 55.7 Å². The SMILES string of the molecule is Cc1ccnc(NC(=O)CCn2c(=O)sc3cc(S(=O)(=O)N4CCCCCC4)ccc32)c1. The van der Waals surface area contributed by atoms with Gasteiger partial charge in [0.2, 0.25) is 15.9 Å². The van der Waals surface area contributed by atoms with Gasteiger partial charge in [-0.15, -0.1) is 0 Å². The molecule has 8 nitrogen and oxygen atoms in total. The van der Waals surface area contributed by atoms with Crippen LogP contribution in [-0.4, -0.2) is 41.3 Å². The standard InChI is InChI=1S/C22H26N4O4S2/c1-16-8-10-23-20(14-16)24-21(27)9-13-26-18-7-6-17(15-19(18)31-22(26)28)32(29,30)25-11-4-2-3-5-12-25/h6-8,10,14-15H,2-5,9,11-13H2,1H3,(H,23,24,27). The number of hydrogen-bond acceptors (Lipinski definition) is 6. The van der Waals surface area contributed by atoms with Crippen molar-refractivity contribution in [2.45, 2.75) is 50.5 Å². The number of benzene rings is 1. The van der Waals surface area contributed by atoms with E-state index in [1.807, 2.05) is 13.0 Å². The smallest absolute Gasteiger partial charge is 0.308 e. The summed E-state index contributed by atoms with van der Waals surface area (Å²) in [6.07, 6.45) is 5.55. The molecule has 4 rings (SSSR count). The molecule has 1 amide bonds. The van der Waals surface area contributed by atoms with E-state index in [1.165, 1.54) is 4.57 Å². The number of carbonyl (C=O) groups excluding carboxylic acids is 1. The van der Waals surface area contributed by atoms with Crippen LogP contribution in [0.25, 0.3) is 10.2 Å². The molecule has 0 saturated carbocycles. The first-order valence-electron chi connectivity index (χ1n) is 10.7. The molecule has 1 saturated heterocycles. The monoisotopic (exact) mass is 474 g/mol. The quantitative estimate of drug-likeness (QED) is 0.590. The van der Waals surface area contributed by atoms with Crippen molar-refractivity contribution in [2.75, 3.05) is 18.4 Å². The number of anilines is 1. The molecule has 0 spiro atoms. The van der Waals surface area contributed by atoms with Crippen LogP contribution < -0.4 is 10.2 Å². The molecule has 3 aromatic rings. The molecule has 32 heavy (non-hydrogen) atoms. The molecule has 0 aliphatic carbocycles. The number of fused-ring (bicyclic) bond motifs is 1. The molecule has 0 unspecified atom stereocenters. The number of carbonyl (C=O) groups is 1. The van der Waals surface area contributed by atoms with Gasteiger partial charge in [0.15, 0.2) is 0 Å². The molecule has 1 aliphatic rings. The van der Waals surface area contributed by atoms with E-state index < -0.39 is 10.0 Å². The molecular formula is C22H26N4O4S2. The molecule has 2 aromatic heterocycles. The van der Waals surface area contributed by atoms with E-state index in [9.17, 15) is 18.0 Å². The molecule has 1 fully saturated rings. The van der Waals surface area contributed by atoms with Crippen molar-refractivity contribution in [3.63, 3.8) is 0 Å². The van der Waals surface area contributed by atoms with E-state index in [0.29, 0.717) is 29.1 Å². The first-order valence-corrected chi connectivity index (χ1v) is 13.0. The summed E-state index contributed by atoms with van der Waals surface area (Å²) in [5, 5.41) is 2.74. The van der Waals surface area contributed by atoms with E-state index in [4.69, 9.17) is 0 Å². The lowest BCUT2D eigenvalue weighted by Crippen LogP contribution is -2.31. The van der Waals surface area contributed by atoms with Gasteiger partial charge in [-0.3, -0.25) is 14.2 Å². The fraction of sp³-hybridized carbons (Fsp3) is 0.409. The van der Waals surface area contributed by atoms with Gasteiger partial charge in [0, 0.05) is 32.3 Å². The summed E-state index contributed by atoms with van der Waals surface area (Å²) in [4.78, 5) is 29.0.